The molecule has 3 heteroatoms. The van der Waals surface area contributed by atoms with Gasteiger partial charge in [-0.3, -0.25) is 4.90 Å². The van der Waals surface area contributed by atoms with E-state index in [1.54, 1.807) is 0 Å². The van der Waals surface area contributed by atoms with Gasteiger partial charge in [-0.15, -0.1) is 0 Å². The molecule has 1 saturated heterocycles. The maximum absolute atomic E-state index is 5.64. The monoisotopic (exact) mass is 205 g/mol. The number of piperazine rings is 1. The molecule has 0 bridgehead atoms. The van der Waals surface area contributed by atoms with E-state index in [4.69, 9.17) is 5.73 Å². The van der Waals surface area contributed by atoms with Gasteiger partial charge in [0, 0.05) is 38.8 Å². The van der Waals surface area contributed by atoms with Gasteiger partial charge in [0.15, 0.2) is 0 Å². The lowest BCUT2D eigenvalue weighted by Crippen LogP contribution is -2.47. The molecule has 1 fully saturated rings. The van der Waals surface area contributed by atoms with Crippen molar-refractivity contribution in [3.63, 3.8) is 0 Å². The minimum absolute atomic E-state index is 0.489. The maximum atomic E-state index is 5.64. The van der Waals surface area contributed by atoms with Gasteiger partial charge in [0.1, 0.15) is 0 Å². The summed E-state index contributed by atoms with van der Waals surface area (Å²) < 4.78 is 0. The zero-order valence-electron chi connectivity index (χ0n) is 9.02. The van der Waals surface area contributed by atoms with Crippen LogP contribution >= 0.6 is 0 Å². The lowest BCUT2D eigenvalue weighted by molar-refractivity contribution is 0.167. The Morgan fingerprint density at radius 2 is 2.13 bits per heavy atom. The van der Waals surface area contributed by atoms with Crippen LogP contribution in [0.15, 0.2) is 30.3 Å². The summed E-state index contributed by atoms with van der Waals surface area (Å²) in [6, 6.07) is 11.1. The predicted molar refractivity (Wildman–Crippen MR) is 62.7 cm³/mol. The van der Waals surface area contributed by atoms with Gasteiger partial charge < -0.3 is 11.1 Å². The van der Waals surface area contributed by atoms with Crippen molar-refractivity contribution in [1.82, 2.24) is 10.2 Å². The molecule has 1 aliphatic heterocycles. The van der Waals surface area contributed by atoms with Crippen LogP contribution in [-0.4, -0.2) is 37.6 Å². The van der Waals surface area contributed by atoms with E-state index in [0.29, 0.717) is 6.04 Å². The minimum Gasteiger partial charge on any atom is -0.329 e. The molecule has 1 atom stereocenters. The Morgan fingerprint density at radius 1 is 1.33 bits per heavy atom. The molecule has 1 heterocycles. The zero-order valence-corrected chi connectivity index (χ0v) is 9.02. The van der Waals surface area contributed by atoms with Gasteiger partial charge in [-0.05, 0) is 5.56 Å². The fraction of sp³-hybridized carbons (Fsp3) is 0.500. The number of benzene rings is 1. The second-order valence-corrected chi connectivity index (χ2v) is 3.96. The number of rotatable bonds is 3. The number of hydrogen-bond acceptors (Lipinski definition) is 3. The van der Waals surface area contributed by atoms with E-state index < -0.39 is 0 Å². The summed E-state index contributed by atoms with van der Waals surface area (Å²) in [6.45, 7) is 4.93. The third kappa shape index (κ3) is 2.56. The fourth-order valence-electron chi connectivity index (χ4n) is 2.18. The molecule has 15 heavy (non-hydrogen) atoms. The van der Waals surface area contributed by atoms with Gasteiger partial charge >= 0.3 is 0 Å². The third-order valence-corrected chi connectivity index (χ3v) is 2.95. The number of hydrogen-bond donors (Lipinski definition) is 2. The van der Waals surface area contributed by atoms with E-state index >= 15 is 0 Å². The molecule has 0 spiro atoms. The molecule has 82 valence electrons. The molecule has 1 unspecified atom stereocenters. The van der Waals surface area contributed by atoms with Crippen molar-refractivity contribution in [2.45, 2.75) is 6.04 Å². The molecular formula is C12H19N3. The smallest absolute Gasteiger partial charge is 0.0473 e. The molecular weight excluding hydrogens is 186 g/mol. The second kappa shape index (κ2) is 5.26. The summed E-state index contributed by atoms with van der Waals surface area (Å²) in [6.07, 6.45) is 0. The highest BCUT2D eigenvalue weighted by Gasteiger charge is 2.22. The Balaban J connectivity index is 2.11. The summed E-state index contributed by atoms with van der Waals surface area (Å²) in [7, 11) is 0. The van der Waals surface area contributed by atoms with Crippen LogP contribution in [0, 0.1) is 0 Å². The molecule has 2 rings (SSSR count). The zero-order chi connectivity index (χ0) is 10.5. The van der Waals surface area contributed by atoms with Gasteiger partial charge in [-0.2, -0.15) is 0 Å². The highest BCUT2D eigenvalue weighted by molar-refractivity contribution is 5.20. The average molecular weight is 205 g/mol. The summed E-state index contributed by atoms with van der Waals surface area (Å²) >= 11 is 0. The molecule has 3 N–H and O–H groups in total. The molecule has 1 aromatic rings. The van der Waals surface area contributed by atoms with Crippen molar-refractivity contribution < 1.29 is 0 Å². The Labute approximate surface area is 91.3 Å². The van der Waals surface area contributed by atoms with Crippen LogP contribution in [0.5, 0.6) is 0 Å². The van der Waals surface area contributed by atoms with E-state index in [1.165, 1.54) is 5.56 Å². The van der Waals surface area contributed by atoms with Crippen LogP contribution in [0.2, 0.25) is 0 Å². The lowest BCUT2D eigenvalue weighted by Gasteiger charge is -2.36. The highest BCUT2D eigenvalue weighted by atomic mass is 15.2. The van der Waals surface area contributed by atoms with Crippen LogP contribution in [0.4, 0.5) is 0 Å². The Kier molecular flexibility index (Phi) is 3.72. The minimum atomic E-state index is 0.489. The normalized spacial score (nSPS) is 22.9. The van der Waals surface area contributed by atoms with Gasteiger partial charge in [0.05, 0.1) is 0 Å². The Bertz CT molecular complexity index is 284. The molecule has 0 radical (unpaired) electrons. The van der Waals surface area contributed by atoms with Crippen molar-refractivity contribution >= 4 is 0 Å². The van der Waals surface area contributed by atoms with Gasteiger partial charge in [-0.25, -0.2) is 0 Å². The first-order valence-corrected chi connectivity index (χ1v) is 5.61. The maximum Gasteiger partial charge on any atom is 0.0473 e. The van der Waals surface area contributed by atoms with Gasteiger partial charge in [-0.1, -0.05) is 30.3 Å². The lowest BCUT2D eigenvalue weighted by atomic mass is 10.0. The summed E-state index contributed by atoms with van der Waals surface area (Å²) in [5, 5.41) is 3.44. The fourth-order valence-corrected chi connectivity index (χ4v) is 2.18. The van der Waals surface area contributed by atoms with Crippen molar-refractivity contribution in [1.29, 1.82) is 0 Å². The summed E-state index contributed by atoms with van der Waals surface area (Å²) in [5.41, 5.74) is 7.02. The van der Waals surface area contributed by atoms with Crippen LogP contribution in [-0.2, 0) is 0 Å². The highest BCUT2D eigenvalue weighted by Crippen LogP contribution is 2.20. The Morgan fingerprint density at radius 3 is 2.87 bits per heavy atom. The van der Waals surface area contributed by atoms with Gasteiger partial charge in [0.25, 0.3) is 0 Å². The first-order valence-electron chi connectivity index (χ1n) is 5.61. The van der Waals surface area contributed by atoms with E-state index in [2.05, 4.69) is 40.5 Å². The molecule has 0 amide bonds. The first-order chi connectivity index (χ1) is 7.42. The Hall–Kier alpha value is -0.900. The molecule has 1 aromatic carbocycles. The van der Waals surface area contributed by atoms with E-state index in [9.17, 15) is 0 Å². The second-order valence-electron chi connectivity index (χ2n) is 3.96. The number of nitrogens with zero attached hydrogens (tertiary/aromatic N) is 1. The van der Waals surface area contributed by atoms with Crippen LogP contribution in [0.3, 0.4) is 0 Å². The van der Waals surface area contributed by atoms with Crippen molar-refractivity contribution in [3.8, 4) is 0 Å². The van der Waals surface area contributed by atoms with Crippen molar-refractivity contribution in [3.05, 3.63) is 35.9 Å². The number of nitrogens with two attached hydrogens (primary N) is 1. The first kappa shape index (κ1) is 10.6. The molecule has 0 aliphatic carbocycles. The van der Waals surface area contributed by atoms with Crippen molar-refractivity contribution in [2.24, 2.45) is 5.73 Å². The molecule has 3 nitrogen and oxygen atoms in total. The molecule has 0 saturated carbocycles. The van der Waals surface area contributed by atoms with E-state index in [0.717, 1.165) is 32.7 Å². The number of nitrogens with one attached hydrogen (secondary N) is 1. The molecule has 1 aliphatic rings. The predicted octanol–water partition coefficient (Wildman–Crippen LogP) is 0.592. The third-order valence-electron chi connectivity index (χ3n) is 2.95. The quantitative estimate of drug-likeness (QED) is 0.759. The summed E-state index contributed by atoms with van der Waals surface area (Å²) in [4.78, 5) is 2.46. The average Bonchev–Trinajstić information content (AvgIpc) is 2.31. The van der Waals surface area contributed by atoms with E-state index in [1.807, 2.05) is 0 Å². The van der Waals surface area contributed by atoms with E-state index in [-0.39, 0.29) is 0 Å². The largest absolute Gasteiger partial charge is 0.329 e. The van der Waals surface area contributed by atoms with Crippen LogP contribution in [0.25, 0.3) is 0 Å². The van der Waals surface area contributed by atoms with Crippen molar-refractivity contribution in [2.75, 3.05) is 32.7 Å². The topological polar surface area (TPSA) is 41.3 Å². The SMILES string of the molecule is NCCN1CCNCC1c1ccccc1. The van der Waals surface area contributed by atoms with Crippen LogP contribution in [0.1, 0.15) is 11.6 Å². The van der Waals surface area contributed by atoms with Gasteiger partial charge in [0.2, 0.25) is 0 Å². The summed E-state index contributed by atoms with van der Waals surface area (Å²) in [5.74, 6) is 0. The van der Waals surface area contributed by atoms with Crippen LogP contribution < -0.4 is 11.1 Å². The molecule has 0 aromatic heterocycles. The standard InChI is InChI=1S/C12H19N3/c13-6-8-15-9-7-14-10-12(15)11-4-2-1-3-5-11/h1-5,12,14H,6-10,13H2.